The minimum absolute atomic E-state index is 0.175. The van der Waals surface area contributed by atoms with E-state index in [0.29, 0.717) is 5.92 Å². The maximum atomic E-state index is 12.5. The zero-order valence-electron chi connectivity index (χ0n) is 17.9. The molecule has 7 heteroatoms. The normalized spacial score (nSPS) is 25.8. The third-order valence-electron chi connectivity index (χ3n) is 6.00. The van der Waals surface area contributed by atoms with E-state index in [2.05, 4.69) is 29.0 Å². The van der Waals surface area contributed by atoms with Crippen LogP contribution < -0.4 is 5.32 Å². The van der Waals surface area contributed by atoms with Crippen LogP contribution >= 0.6 is 0 Å². The highest BCUT2D eigenvalue weighted by molar-refractivity contribution is 5.82. The van der Waals surface area contributed by atoms with Gasteiger partial charge >= 0.3 is 0 Å². The maximum Gasteiger partial charge on any atom is 0.251 e. The van der Waals surface area contributed by atoms with Crippen LogP contribution in [0.2, 0.25) is 0 Å². The molecule has 2 unspecified atom stereocenters. The predicted octanol–water partition coefficient (Wildman–Crippen LogP) is 1.40. The molecule has 3 heterocycles. The van der Waals surface area contributed by atoms with Gasteiger partial charge in [-0.1, -0.05) is 13.3 Å². The van der Waals surface area contributed by atoms with Crippen molar-refractivity contribution < 1.29 is 9.53 Å². The Morgan fingerprint density at radius 2 is 1.79 bits per heavy atom. The quantitative estimate of drug-likeness (QED) is 0.546. The average molecular weight is 394 g/mol. The molecule has 3 aliphatic heterocycles. The number of aliphatic imine (C=N–C) groups is 1. The van der Waals surface area contributed by atoms with Gasteiger partial charge in [0.05, 0.1) is 0 Å². The molecular weight excluding hydrogens is 354 g/mol. The van der Waals surface area contributed by atoms with Crippen molar-refractivity contribution in [1.82, 2.24) is 20.0 Å². The summed E-state index contributed by atoms with van der Waals surface area (Å²) >= 11 is 0. The Kier molecular flexibility index (Phi) is 8.40. The number of hydrogen-bond donors (Lipinski definition) is 1. The van der Waals surface area contributed by atoms with Crippen LogP contribution in [0.5, 0.6) is 0 Å². The van der Waals surface area contributed by atoms with E-state index in [4.69, 9.17) is 9.73 Å². The Bertz CT molecular complexity index is 507. The fraction of sp³-hybridized carbons (Fsp3) is 0.905. The van der Waals surface area contributed by atoms with Crippen LogP contribution in [0.25, 0.3) is 0 Å². The molecule has 3 fully saturated rings. The number of nitrogens with one attached hydrogen (secondary N) is 1. The summed E-state index contributed by atoms with van der Waals surface area (Å²) in [5.74, 6) is 1.74. The molecule has 0 radical (unpaired) electrons. The van der Waals surface area contributed by atoms with Crippen LogP contribution in [0.4, 0.5) is 0 Å². The number of hydrogen-bond acceptors (Lipinski definition) is 4. The van der Waals surface area contributed by atoms with E-state index in [0.717, 1.165) is 71.2 Å². The lowest BCUT2D eigenvalue weighted by Gasteiger charge is -2.37. The average Bonchev–Trinajstić information content (AvgIpc) is 3.26. The van der Waals surface area contributed by atoms with E-state index in [-0.39, 0.29) is 12.0 Å². The highest BCUT2D eigenvalue weighted by Crippen LogP contribution is 2.16. The first kappa shape index (κ1) is 21.4. The van der Waals surface area contributed by atoms with Gasteiger partial charge in [-0.3, -0.25) is 9.79 Å². The second-order valence-electron chi connectivity index (χ2n) is 8.48. The number of likely N-dealkylation sites (tertiary alicyclic amines) is 1. The lowest BCUT2D eigenvalue weighted by molar-refractivity contribution is -0.142. The summed E-state index contributed by atoms with van der Waals surface area (Å²) in [6, 6.07) is 0. The molecule has 3 aliphatic rings. The third-order valence-corrected chi connectivity index (χ3v) is 6.00. The summed E-state index contributed by atoms with van der Waals surface area (Å²) in [4.78, 5) is 24.3. The molecule has 0 saturated carbocycles. The van der Waals surface area contributed by atoms with Crippen molar-refractivity contribution in [3.8, 4) is 0 Å². The van der Waals surface area contributed by atoms with Gasteiger partial charge in [0.25, 0.3) is 5.91 Å². The molecule has 1 N–H and O–H groups in total. The van der Waals surface area contributed by atoms with E-state index in [1.807, 2.05) is 4.90 Å². The van der Waals surface area contributed by atoms with Crippen molar-refractivity contribution in [2.75, 3.05) is 65.5 Å². The number of carbonyl (C=O) groups excluding carboxylic acids is 1. The number of amides is 1. The zero-order valence-corrected chi connectivity index (χ0v) is 17.9. The number of rotatable bonds is 6. The first-order chi connectivity index (χ1) is 13.7. The van der Waals surface area contributed by atoms with Gasteiger partial charge in [-0.25, -0.2) is 0 Å². The molecular formula is C21H39N5O2. The largest absolute Gasteiger partial charge is 0.368 e. The minimum atomic E-state index is -0.205. The molecule has 0 spiro atoms. The molecule has 7 nitrogen and oxygen atoms in total. The monoisotopic (exact) mass is 393 g/mol. The highest BCUT2D eigenvalue weighted by Gasteiger charge is 2.30. The van der Waals surface area contributed by atoms with Gasteiger partial charge < -0.3 is 24.8 Å². The van der Waals surface area contributed by atoms with Crippen molar-refractivity contribution in [1.29, 1.82) is 0 Å². The number of carbonyl (C=O) groups is 1. The Labute approximate surface area is 170 Å². The van der Waals surface area contributed by atoms with Crippen LogP contribution in [-0.4, -0.2) is 98.2 Å². The van der Waals surface area contributed by atoms with Gasteiger partial charge in [0.15, 0.2) is 5.96 Å². The first-order valence-electron chi connectivity index (χ1n) is 11.3. The molecule has 3 saturated heterocycles. The summed E-state index contributed by atoms with van der Waals surface area (Å²) in [6.07, 6.45) is 5.74. The predicted molar refractivity (Wildman–Crippen MR) is 113 cm³/mol. The van der Waals surface area contributed by atoms with Crippen LogP contribution in [0.3, 0.4) is 0 Å². The highest BCUT2D eigenvalue weighted by atomic mass is 16.5. The molecule has 0 aromatic heterocycles. The molecule has 0 aliphatic carbocycles. The lowest BCUT2D eigenvalue weighted by Crippen LogP contribution is -2.55. The van der Waals surface area contributed by atoms with E-state index in [1.54, 1.807) is 0 Å². The summed E-state index contributed by atoms with van der Waals surface area (Å²) in [5, 5.41) is 3.44. The summed E-state index contributed by atoms with van der Waals surface area (Å²) in [6.45, 7) is 13.7. The van der Waals surface area contributed by atoms with Crippen LogP contribution in [0.1, 0.15) is 46.0 Å². The fourth-order valence-corrected chi connectivity index (χ4v) is 4.42. The number of piperidine rings is 1. The smallest absolute Gasteiger partial charge is 0.251 e. The van der Waals surface area contributed by atoms with Gasteiger partial charge in [-0.15, -0.1) is 0 Å². The first-order valence-corrected chi connectivity index (χ1v) is 11.3. The van der Waals surface area contributed by atoms with Gasteiger partial charge in [-0.2, -0.15) is 0 Å². The van der Waals surface area contributed by atoms with E-state index in [9.17, 15) is 4.79 Å². The van der Waals surface area contributed by atoms with Gasteiger partial charge in [0.2, 0.25) is 0 Å². The number of ether oxygens (including phenoxy) is 1. The van der Waals surface area contributed by atoms with E-state index < -0.39 is 0 Å². The van der Waals surface area contributed by atoms with Crippen molar-refractivity contribution in [3.05, 3.63) is 0 Å². The second kappa shape index (κ2) is 11.0. The molecule has 0 bridgehead atoms. The summed E-state index contributed by atoms with van der Waals surface area (Å²) in [7, 11) is 0. The van der Waals surface area contributed by atoms with Crippen molar-refractivity contribution in [3.63, 3.8) is 0 Å². The summed E-state index contributed by atoms with van der Waals surface area (Å²) < 4.78 is 5.56. The Morgan fingerprint density at radius 1 is 1.07 bits per heavy atom. The Balaban J connectivity index is 1.46. The van der Waals surface area contributed by atoms with Crippen molar-refractivity contribution in [2.45, 2.75) is 52.1 Å². The van der Waals surface area contributed by atoms with Crippen LogP contribution in [0.15, 0.2) is 4.99 Å². The number of nitrogens with zero attached hydrogens (tertiary/aromatic N) is 4. The lowest BCUT2D eigenvalue weighted by atomic mass is 10.1. The molecule has 0 aromatic carbocycles. The molecule has 1 amide bonds. The van der Waals surface area contributed by atoms with Gasteiger partial charge in [0.1, 0.15) is 6.10 Å². The van der Waals surface area contributed by atoms with E-state index in [1.165, 1.54) is 32.4 Å². The molecule has 28 heavy (non-hydrogen) atoms. The molecule has 0 aromatic rings. The topological polar surface area (TPSA) is 60.4 Å². The SMILES string of the molecule is CCNC(=NCC(C)CN1CCCCC1)N1CCN(C(=O)C2CCCO2)CC1. The van der Waals surface area contributed by atoms with Crippen LogP contribution in [-0.2, 0) is 9.53 Å². The van der Waals surface area contributed by atoms with Crippen molar-refractivity contribution in [2.24, 2.45) is 10.9 Å². The van der Waals surface area contributed by atoms with Crippen LogP contribution in [0, 0.1) is 5.92 Å². The minimum Gasteiger partial charge on any atom is -0.368 e. The number of piperazine rings is 1. The van der Waals surface area contributed by atoms with E-state index >= 15 is 0 Å². The second-order valence-corrected chi connectivity index (χ2v) is 8.48. The summed E-state index contributed by atoms with van der Waals surface area (Å²) in [5.41, 5.74) is 0. The standard InChI is InChI=1S/C21H39N5O2/c1-3-22-21(23-16-18(2)17-24-9-5-4-6-10-24)26-13-11-25(12-14-26)20(27)19-8-7-15-28-19/h18-19H,3-17H2,1-2H3,(H,22,23). The zero-order chi connectivity index (χ0) is 19.8. The molecule has 3 rings (SSSR count). The Hall–Kier alpha value is -1.34. The van der Waals surface area contributed by atoms with Gasteiger partial charge in [-0.05, 0) is 51.6 Å². The fourth-order valence-electron chi connectivity index (χ4n) is 4.42. The Morgan fingerprint density at radius 3 is 2.43 bits per heavy atom. The number of guanidine groups is 1. The molecule has 160 valence electrons. The van der Waals surface area contributed by atoms with Crippen molar-refractivity contribution >= 4 is 11.9 Å². The third kappa shape index (κ3) is 6.08. The van der Waals surface area contributed by atoms with Gasteiger partial charge in [0, 0.05) is 52.4 Å². The molecule has 2 atom stereocenters. The maximum absolute atomic E-state index is 12.5.